The quantitative estimate of drug-likeness (QED) is 0.616. The highest BCUT2D eigenvalue weighted by atomic mass is 16.6. The highest BCUT2D eigenvalue weighted by molar-refractivity contribution is 5.80. The number of hydrogen-bond acceptors (Lipinski definition) is 3. The molecule has 1 aliphatic heterocycles. The summed E-state index contributed by atoms with van der Waals surface area (Å²) in [6, 6.07) is 0. The summed E-state index contributed by atoms with van der Waals surface area (Å²) in [6.45, 7) is 7.99. The number of hydrogen-bond donors (Lipinski definition) is 1. The van der Waals surface area contributed by atoms with Crippen molar-refractivity contribution in [3.63, 3.8) is 0 Å². The lowest BCUT2D eigenvalue weighted by molar-refractivity contribution is 0.0956. The molecule has 1 heterocycles. The maximum atomic E-state index is 5.03. The van der Waals surface area contributed by atoms with Crippen molar-refractivity contribution >= 4 is 5.84 Å². The standard InChI is InChI=1S/C8H12N2O/c1-4-6(2)8-5-11-10-7(3)9-8/h4H,1,5H2,2-3H3,(H,9,10)/b8-6-. The van der Waals surface area contributed by atoms with Crippen molar-refractivity contribution in [1.29, 1.82) is 0 Å². The van der Waals surface area contributed by atoms with Crippen molar-refractivity contribution in [3.05, 3.63) is 23.9 Å². The van der Waals surface area contributed by atoms with Crippen LogP contribution in [-0.4, -0.2) is 12.4 Å². The third kappa shape index (κ3) is 1.91. The van der Waals surface area contributed by atoms with Gasteiger partial charge in [0.1, 0.15) is 12.4 Å². The highest BCUT2D eigenvalue weighted by Gasteiger charge is 2.05. The molecule has 0 aromatic heterocycles. The zero-order valence-electron chi connectivity index (χ0n) is 6.85. The Morgan fingerprint density at radius 1 is 1.82 bits per heavy atom. The van der Waals surface area contributed by atoms with Crippen molar-refractivity contribution in [2.45, 2.75) is 13.8 Å². The SMILES string of the molecule is C=C/C(C)=C1/CONC(C)=N1. The van der Waals surface area contributed by atoms with Gasteiger partial charge in [-0.1, -0.05) is 12.7 Å². The first-order valence-electron chi connectivity index (χ1n) is 3.49. The second-order valence-electron chi connectivity index (χ2n) is 2.42. The Hall–Kier alpha value is -1.09. The fourth-order valence-electron chi connectivity index (χ4n) is 0.786. The lowest BCUT2D eigenvalue weighted by Gasteiger charge is -2.14. The Bertz CT molecular complexity index is 228. The summed E-state index contributed by atoms with van der Waals surface area (Å²) in [6.07, 6.45) is 1.78. The predicted octanol–water partition coefficient (Wildman–Crippen LogP) is 1.40. The van der Waals surface area contributed by atoms with E-state index in [9.17, 15) is 0 Å². The zero-order valence-corrected chi connectivity index (χ0v) is 6.85. The van der Waals surface area contributed by atoms with Crippen LogP contribution in [0.2, 0.25) is 0 Å². The minimum Gasteiger partial charge on any atom is -0.269 e. The third-order valence-electron chi connectivity index (χ3n) is 1.49. The molecule has 1 aliphatic rings. The molecule has 0 saturated heterocycles. The molecule has 0 aromatic rings. The molecule has 11 heavy (non-hydrogen) atoms. The molecule has 0 atom stereocenters. The van der Waals surface area contributed by atoms with E-state index in [1.807, 2.05) is 13.8 Å². The maximum Gasteiger partial charge on any atom is 0.123 e. The Kier molecular flexibility index (Phi) is 2.44. The first-order chi connectivity index (χ1) is 5.24. The number of rotatable bonds is 1. The Morgan fingerprint density at radius 2 is 2.55 bits per heavy atom. The first kappa shape index (κ1) is 8.01. The van der Waals surface area contributed by atoms with E-state index in [1.165, 1.54) is 0 Å². The van der Waals surface area contributed by atoms with Gasteiger partial charge in [-0.3, -0.25) is 10.3 Å². The molecule has 0 saturated carbocycles. The average molecular weight is 152 g/mol. The largest absolute Gasteiger partial charge is 0.269 e. The molecule has 0 radical (unpaired) electrons. The smallest absolute Gasteiger partial charge is 0.123 e. The van der Waals surface area contributed by atoms with Gasteiger partial charge in [0.2, 0.25) is 0 Å². The van der Waals surface area contributed by atoms with Crippen LogP contribution in [0.15, 0.2) is 28.9 Å². The second kappa shape index (κ2) is 3.34. The molecule has 0 bridgehead atoms. The van der Waals surface area contributed by atoms with Crippen LogP contribution in [-0.2, 0) is 4.84 Å². The van der Waals surface area contributed by atoms with E-state index in [0.29, 0.717) is 6.61 Å². The maximum absolute atomic E-state index is 5.03. The third-order valence-corrected chi connectivity index (χ3v) is 1.49. The molecule has 1 N–H and O–H groups in total. The molecule has 0 aromatic carbocycles. The van der Waals surface area contributed by atoms with Crippen molar-refractivity contribution < 1.29 is 4.84 Å². The van der Waals surface area contributed by atoms with Crippen LogP contribution < -0.4 is 5.48 Å². The van der Waals surface area contributed by atoms with Gasteiger partial charge in [0.15, 0.2) is 0 Å². The van der Waals surface area contributed by atoms with Gasteiger partial charge in [-0.15, -0.1) is 0 Å². The van der Waals surface area contributed by atoms with Crippen LogP contribution in [0.5, 0.6) is 0 Å². The molecule has 1 rings (SSSR count). The Labute approximate surface area is 66.4 Å². The van der Waals surface area contributed by atoms with E-state index in [1.54, 1.807) is 6.08 Å². The van der Waals surface area contributed by atoms with Crippen LogP contribution in [0.1, 0.15) is 13.8 Å². The molecule has 0 fully saturated rings. The lowest BCUT2D eigenvalue weighted by Crippen LogP contribution is -2.26. The molecule has 60 valence electrons. The Balaban J connectivity index is 2.89. The van der Waals surface area contributed by atoms with E-state index in [-0.39, 0.29) is 0 Å². The first-order valence-corrected chi connectivity index (χ1v) is 3.49. The summed E-state index contributed by atoms with van der Waals surface area (Å²) in [5.74, 6) is 0.785. The molecule has 0 amide bonds. The van der Waals surface area contributed by atoms with E-state index >= 15 is 0 Å². The monoisotopic (exact) mass is 152 g/mol. The topological polar surface area (TPSA) is 33.6 Å². The van der Waals surface area contributed by atoms with Crippen molar-refractivity contribution in [3.8, 4) is 0 Å². The van der Waals surface area contributed by atoms with Gasteiger partial charge in [-0.2, -0.15) is 0 Å². The van der Waals surface area contributed by atoms with Gasteiger partial charge in [-0.25, -0.2) is 4.99 Å². The molecule has 0 unspecified atom stereocenters. The van der Waals surface area contributed by atoms with Gasteiger partial charge in [0.05, 0.1) is 5.70 Å². The zero-order chi connectivity index (χ0) is 8.27. The van der Waals surface area contributed by atoms with Crippen LogP contribution >= 0.6 is 0 Å². The van der Waals surface area contributed by atoms with Crippen molar-refractivity contribution in [2.75, 3.05) is 6.61 Å². The number of amidine groups is 1. The predicted molar refractivity (Wildman–Crippen MR) is 45.1 cm³/mol. The van der Waals surface area contributed by atoms with Gasteiger partial charge >= 0.3 is 0 Å². The van der Waals surface area contributed by atoms with Gasteiger partial charge in [0.25, 0.3) is 0 Å². The van der Waals surface area contributed by atoms with Crippen LogP contribution in [0, 0.1) is 0 Å². The van der Waals surface area contributed by atoms with Crippen molar-refractivity contribution in [2.24, 2.45) is 4.99 Å². The average Bonchev–Trinajstić information content (AvgIpc) is 2.03. The van der Waals surface area contributed by atoms with E-state index in [4.69, 9.17) is 4.84 Å². The molecular weight excluding hydrogens is 140 g/mol. The number of hydroxylamine groups is 1. The summed E-state index contributed by atoms with van der Waals surface area (Å²) in [5.41, 5.74) is 4.67. The van der Waals surface area contributed by atoms with E-state index < -0.39 is 0 Å². The summed E-state index contributed by atoms with van der Waals surface area (Å²) < 4.78 is 0. The fraction of sp³-hybridized carbons (Fsp3) is 0.375. The van der Waals surface area contributed by atoms with Crippen LogP contribution in [0.3, 0.4) is 0 Å². The molecule has 3 nitrogen and oxygen atoms in total. The highest BCUT2D eigenvalue weighted by Crippen LogP contribution is 2.09. The van der Waals surface area contributed by atoms with Gasteiger partial charge < -0.3 is 0 Å². The molecule has 0 aliphatic carbocycles. The van der Waals surface area contributed by atoms with Gasteiger partial charge in [0, 0.05) is 0 Å². The van der Waals surface area contributed by atoms with E-state index in [0.717, 1.165) is 17.1 Å². The van der Waals surface area contributed by atoms with E-state index in [2.05, 4.69) is 17.1 Å². The van der Waals surface area contributed by atoms with Crippen LogP contribution in [0.4, 0.5) is 0 Å². The van der Waals surface area contributed by atoms with Gasteiger partial charge in [-0.05, 0) is 19.4 Å². The fourth-order valence-corrected chi connectivity index (χ4v) is 0.786. The van der Waals surface area contributed by atoms with Crippen molar-refractivity contribution in [1.82, 2.24) is 5.48 Å². The molecule has 0 spiro atoms. The second-order valence-corrected chi connectivity index (χ2v) is 2.42. The number of allylic oxidation sites excluding steroid dienone is 2. The minimum atomic E-state index is 0.509. The summed E-state index contributed by atoms with van der Waals surface area (Å²) in [4.78, 5) is 9.27. The Morgan fingerprint density at radius 3 is 3.09 bits per heavy atom. The lowest BCUT2D eigenvalue weighted by atomic mass is 10.2. The van der Waals surface area contributed by atoms with Crippen LogP contribution in [0.25, 0.3) is 0 Å². The normalized spacial score (nSPS) is 21.8. The number of nitrogens with zero attached hydrogens (tertiary/aromatic N) is 1. The molecule has 3 heteroatoms. The molecular formula is C8H12N2O. The minimum absolute atomic E-state index is 0.509. The number of nitrogens with one attached hydrogen (secondary N) is 1. The summed E-state index contributed by atoms with van der Waals surface area (Å²) >= 11 is 0. The number of aliphatic imine (C=N–C) groups is 1. The summed E-state index contributed by atoms with van der Waals surface area (Å²) in [7, 11) is 0. The summed E-state index contributed by atoms with van der Waals surface area (Å²) in [5, 5.41) is 0.